The van der Waals surface area contributed by atoms with Gasteiger partial charge < -0.3 is 14.1 Å². The molecule has 1 atom stereocenters. The zero-order valence-electron chi connectivity index (χ0n) is 22.3. The van der Waals surface area contributed by atoms with Crippen LogP contribution in [0.25, 0.3) is 0 Å². The molecule has 0 fully saturated rings. The molecule has 0 spiro atoms. The van der Waals surface area contributed by atoms with Crippen LogP contribution in [0.2, 0.25) is 0 Å². The molecular formula is C25H48F2NO3P. The maximum absolute atomic E-state index is 12.1. The van der Waals surface area contributed by atoms with E-state index >= 15 is 0 Å². The van der Waals surface area contributed by atoms with Crippen LogP contribution in [0.1, 0.15) is 61.8 Å². The third-order valence-corrected chi connectivity index (χ3v) is 4.01. The minimum atomic E-state index is -0.840. The Morgan fingerprint density at radius 1 is 1.09 bits per heavy atom. The molecule has 0 aromatic carbocycles. The first-order valence-electron chi connectivity index (χ1n) is 10.5. The van der Waals surface area contributed by atoms with E-state index in [9.17, 15) is 13.6 Å². The van der Waals surface area contributed by atoms with E-state index in [-0.39, 0.29) is 5.83 Å². The van der Waals surface area contributed by atoms with Gasteiger partial charge in [0.2, 0.25) is 0 Å². The van der Waals surface area contributed by atoms with Crippen LogP contribution in [0, 0.1) is 0 Å². The number of hydrogen-bond donors (Lipinski definition) is 1. The van der Waals surface area contributed by atoms with Gasteiger partial charge in [-0.1, -0.05) is 57.2 Å². The van der Waals surface area contributed by atoms with Gasteiger partial charge in [-0.15, -0.1) is 0 Å². The van der Waals surface area contributed by atoms with E-state index in [1.165, 1.54) is 12.2 Å². The number of carbonyl (C=O) groups excluding carboxylic acids is 1. The maximum atomic E-state index is 12.1. The highest BCUT2D eigenvalue weighted by molar-refractivity contribution is 7.49. The third-order valence-electron chi connectivity index (χ3n) is 2.56. The summed E-state index contributed by atoms with van der Waals surface area (Å²) in [7, 11) is 2.91. The van der Waals surface area contributed by atoms with Crippen LogP contribution in [0.3, 0.4) is 0 Å². The monoisotopic (exact) mass is 479 g/mol. The molecule has 4 nitrogen and oxygen atoms in total. The van der Waals surface area contributed by atoms with Gasteiger partial charge in [-0.3, -0.25) is 9.48 Å². The molecule has 0 heterocycles. The Hall–Kier alpha value is -1.62. The summed E-state index contributed by atoms with van der Waals surface area (Å²) in [6.45, 7) is 17.1. The molecular weight excluding hydrogens is 431 g/mol. The number of carbonyl (C=O) groups is 1. The van der Waals surface area contributed by atoms with Gasteiger partial charge >= 0.3 is 0 Å². The van der Waals surface area contributed by atoms with Crippen LogP contribution in [-0.2, 0) is 14.1 Å². The molecule has 32 heavy (non-hydrogen) atoms. The molecule has 0 aromatic heterocycles. The Morgan fingerprint density at radius 3 is 1.97 bits per heavy atom. The van der Waals surface area contributed by atoms with Crippen molar-refractivity contribution in [1.29, 1.82) is 0 Å². The Morgan fingerprint density at radius 2 is 1.59 bits per heavy atom. The molecule has 0 rings (SSSR count). The van der Waals surface area contributed by atoms with E-state index in [4.69, 9.17) is 4.52 Å². The second-order valence-corrected chi connectivity index (χ2v) is 7.52. The summed E-state index contributed by atoms with van der Waals surface area (Å²) in [6, 6.07) is 0. The van der Waals surface area contributed by atoms with Crippen molar-refractivity contribution >= 4 is 14.6 Å². The Bertz CT molecular complexity index is 529. The smallest absolute Gasteiger partial charge is 0.158 e. The van der Waals surface area contributed by atoms with E-state index < -0.39 is 13.8 Å². The van der Waals surface area contributed by atoms with Crippen molar-refractivity contribution in [2.24, 2.45) is 0 Å². The number of rotatable bonds is 9. The van der Waals surface area contributed by atoms with Crippen molar-refractivity contribution in [3.05, 3.63) is 60.2 Å². The summed E-state index contributed by atoms with van der Waals surface area (Å²) in [5.41, 5.74) is -0.540. The third kappa shape index (κ3) is 42.5. The van der Waals surface area contributed by atoms with Crippen molar-refractivity contribution in [1.82, 2.24) is 5.09 Å². The predicted octanol–water partition coefficient (Wildman–Crippen LogP) is 8.25. The quantitative estimate of drug-likeness (QED) is 0.156. The fourth-order valence-corrected chi connectivity index (χ4v) is 2.80. The number of hydrogen-bond acceptors (Lipinski definition) is 4. The van der Waals surface area contributed by atoms with Crippen LogP contribution in [0.15, 0.2) is 60.2 Å². The molecule has 7 heteroatoms. The van der Waals surface area contributed by atoms with Gasteiger partial charge in [0.25, 0.3) is 0 Å². The maximum Gasteiger partial charge on any atom is 0.158 e. The number of methoxy groups -OCH3 is 1. The van der Waals surface area contributed by atoms with Gasteiger partial charge in [0.15, 0.2) is 8.30 Å². The standard InChI is InChI=1S/C13H22NO2P.C7H11F.C2H6O.C2H6.CH3F/c1-6-7-8-9-10-12(2)16-17(5)14-13(3,4)11-15;1-3-5-6-7(8)4-2;1-3-2;2*1-2/h6-11,14H,1-5H3;4-6H,3H2,1-2H3;1-2H3;1-2H3;1H3/b7-6-,9-8-,12-10+;6-5-,7-4+;;;. The minimum Gasteiger partial charge on any atom is -0.463 e. The lowest BCUT2D eigenvalue weighted by Crippen LogP contribution is -2.37. The van der Waals surface area contributed by atoms with E-state index in [0.29, 0.717) is 7.18 Å². The number of halogens is 2. The summed E-state index contributed by atoms with van der Waals surface area (Å²) in [5.74, 6) is 0.667. The molecule has 0 aliphatic rings. The number of aldehydes is 1. The number of alkyl halides is 1. The molecule has 190 valence electrons. The number of allylic oxidation sites excluding steroid dienone is 10. The Kier molecular flexibility index (Phi) is 43.3. The van der Waals surface area contributed by atoms with Crippen molar-refractivity contribution in [2.75, 3.05) is 28.1 Å². The summed E-state index contributed by atoms with van der Waals surface area (Å²) >= 11 is 0. The second kappa shape index (κ2) is 34.0. The molecule has 0 radical (unpaired) electrons. The van der Waals surface area contributed by atoms with Gasteiger partial charge in [-0.25, -0.2) is 4.39 Å². The molecule has 1 N–H and O–H groups in total. The molecule has 0 saturated carbocycles. The van der Waals surface area contributed by atoms with E-state index in [1.807, 2.05) is 85.5 Å². The number of nitrogens with one attached hydrogen (secondary N) is 1. The highest BCUT2D eigenvalue weighted by atomic mass is 31.2. The van der Waals surface area contributed by atoms with Crippen LogP contribution < -0.4 is 5.09 Å². The van der Waals surface area contributed by atoms with Gasteiger partial charge in [0.05, 0.1) is 18.5 Å². The molecule has 0 amide bonds. The van der Waals surface area contributed by atoms with Crippen LogP contribution in [-0.4, -0.2) is 39.9 Å². The lowest BCUT2D eigenvalue weighted by molar-refractivity contribution is -0.111. The van der Waals surface area contributed by atoms with E-state index in [2.05, 4.69) is 9.82 Å². The van der Waals surface area contributed by atoms with Crippen molar-refractivity contribution < 1.29 is 22.8 Å². The van der Waals surface area contributed by atoms with Crippen LogP contribution in [0.5, 0.6) is 0 Å². The number of ether oxygens (including phenoxy) is 1. The fourth-order valence-electron chi connectivity index (χ4n) is 1.39. The Balaban J connectivity index is -0.000000134. The first-order valence-corrected chi connectivity index (χ1v) is 12.2. The fraction of sp³-hybridized carbons (Fsp3) is 0.560. The topological polar surface area (TPSA) is 47.6 Å². The highest BCUT2D eigenvalue weighted by Gasteiger charge is 2.19. The van der Waals surface area contributed by atoms with Crippen LogP contribution in [0.4, 0.5) is 8.78 Å². The Labute approximate surface area is 198 Å². The van der Waals surface area contributed by atoms with Gasteiger partial charge in [0, 0.05) is 20.9 Å². The molecule has 0 saturated heterocycles. The highest BCUT2D eigenvalue weighted by Crippen LogP contribution is 2.32. The van der Waals surface area contributed by atoms with E-state index in [0.717, 1.165) is 18.5 Å². The van der Waals surface area contributed by atoms with Gasteiger partial charge in [-0.2, -0.15) is 0 Å². The summed E-state index contributed by atoms with van der Waals surface area (Å²) < 4.78 is 31.5. The first-order chi connectivity index (χ1) is 15.1. The van der Waals surface area contributed by atoms with E-state index in [1.54, 1.807) is 27.2 Å². The molecule has 0 aliphatic heterocycles. The zero-order valence-corrected chi connectivity index (χ0v) is 23.2. The summed E-state index contributed by atoms with van der Waals surface area (Å²) in [4.78, 5) is 10.8. The largest absolute Gasteiger partial charge is 0.463 e. The van der Waals surface area contributed by atoms with Crippen LogP contribution >= 0.6 is 8.30 Å². The average Bonchev–Trinajstić information content (AvgIpc) is 2.78. The zero-order chi connectivity index (χ0) is 26.4. The molecule has 0 aliphatic carbocycles. The lowest BCUT2D eigenvalue weighted by atomic mass is 10.1. The molecule has 0 bridgehead atoms. The SMILES string of the molecule is C/C=C(F)\C=C/CC.CC.CF.COC.C\C=C/C=C\C=C(/C)OP(C)NC(C)(C)C=O. The summed E-state index contributed by atoms with van der Waals surface area (Å²) in [6.07, 6.45) is 16.1. The lowest BCUT2D eigenvalue weighted by Gasteiger charge is -2.24. The van der Waals surface area contributed by atoms with Gasteiger partial charge in [-0.05, 0) is 53.2 Å². The first kappa shape index (κ1) is 40.7. The average molecular weight is 480 g/mol. The van der Waals surface area contributed by atoms with Crippen molar-refractivity contribution in [2.45, 2.75) is 67.3 Å². The van der Waals surface area contributed by atoms with Crippen molar-refractivity contribution in [3.8, 4) is 0 Å². The predicted molar refractivity (Wildman–Crippen MR) is 141 cm³/mol. The normalized spacial score (nSPS) is 12.4. The van der Waals surface area contributed by atoms with Gasteiger partial charge in [0.1, 0.15) is 12.1 Å². The van der Waals surface area contributed by atoms with Crippen molar-refractivity contribution in [3.63, 3.8) is 0 Å². The molecule has 0 aromatic rings. The second-order valence-electron chi connectivity index (χ2n) is 6.12. The summed E-state index contributed by atoms with van der Waals surface area (Å²) in [5, 5.41) is 3.13. The minimum absolute atomic E-state index is 0.160. The molecule has 1 unspecified atom stereocenters.